The fraction of sp³-hybridized carbons (Fsp3) is 0.417. The number of ether oxygens (including phenoxy) is 1. The summed E-state index contributed by atoms with van der Waals surface area (Å²) in [7, 11) is 1.81. The van der Waals surface area contributed by atoms with E-state index in [0.717, 1.165) is 16.8 Å². The quantitative estimate of drug-likeness (QED) is 0.544. The van der Waals surface area contributed by atoms with Crippen LogP contribution >= 0.6 is 0 Å². The zero-order valence-corrected chi connectivity index (χ0v) is 9.55. The Labute approximate surface area is 90.0 Å². The predicted octanol–water partition coefficient (Wildman–Crippen LogP) is 1.80. The number of carbonyl (C=O) groups excluding carboxylic acids is 1. The van der Waals surface area contributed by atoms with Crippen LogP contribution in [0.25, 0.3) is 0 Å². The van der Waals surface area contributed by atoms with E-state index in [-0.39, 0.29) is 5.97 Å². The van der Waals surface area contributed by atoms with E-state index in [2.05, 4.69) is 5.92 Å². The Bertz CT molecular complexity index is 435. The standard InChI is InChI=1S/C12H15NO2/c1-6-10-8(3)11(12(14)15-7-2)13(5)9(10)4/h1H,7H2,2-5H3. The number of aromatic nitrogens is 1. The van der Waals surface area contributed by atoms with Gasteiger partial charge < -0.3 is 9.30 Å². The van der Waals surface area contributed by atoms with Gasteiger partial charge in [0.2, 0.25) is 0 Å². The monoisotopic (exact) mass is 205 g/mol. The summed E-state index contributed by atoms with van der Waals surface area (Å²) in [5, 5.41) is 0. The van der Waals surface area contributed by atoms with Crippen LogP contribution in [0.1, 0.15) is 34.2 Å². The maximum Gasteiger partial charge on any atom is 0.355 e. The van der Waals surface area contributed by atoms with Crippen LogP contribution in [0.3, 0.4) is 0 Å². The number of nitrogens with zero attached hydrogens (tertiary/aromatic N) is 1. The van der Waals surface area contributed by atoms with Crippen molar-refractivity contribution in [3.63, 3.8) is 0 Å². The van der Waals surface area contributed by atoms with Crippen molar-refractivity contribution in [1.82, 2.24) is 4.57 Å². The minimum Gasteiger partial charge on any atom is -0.461 e. The van der Waals surface area contributed by atoms with Crippen LogP contribution in [0.4, 0.5) is 0 Å². The van der Waals surface area contributed by atoms with Gasteiger partial charge in [0.15, 0.2) is 0 Å². The van der Waals surface area contributed by atoms with Gasteiger partial charge >= 0.3 is 5.97 Å². The summed E-state index contributed by atoms with van der Waals surface area (Å²) in [6, 6.07) is 0. The van der Waals surface area contributed by atoms with Crippen molar-refractivity contribution in [3.05, 3.63) is 22.5 Å². The molecule has 0 saturated heterocycles. The third-order valence-corrected chi connectivity index (χ3v) is 2.54. The molecule has 3 heteroatoms. The largest absolute Gasteiger partial charge is 0.461 e. The van der Waals surface area contributed by atoms with E-state index >= 15 is 0 Å². The van der Waals surface area contributed by atoms with Gasteiger partial charge in [-0.2, -0.15) is 0 Å². The summed E-state index contributed by atoms with van der Waals surface area (Å²) in [5.41, 5.74) is 3.05. The number of hydrogen-bond donors (Lipinski definition) is 0. The number of terminal acetylenes is 1. The number of carbonyl (C=O) groups is 1. The first-order valence-electron chi connectivity index (χ1n) is 4.84. The van der Waals surface area contributed by atoms with Gasteiger partial charge in [0.1, 0.15) is 5.69 Å². The van der Waals surface area contributed by atoms with Crippen molar-refractivity contribution in [1.29, 1.82) is 0 Å². The Hall–Kier alpha value is -1.69. The van der Waals surface area contributed by atoms with Crippen LogP contribution in [0.5, 0.6) is 0 Å². The predicted molar refractivity (Wildman–Crippen MR) is 58.8 cm³/mol. The fourth-order valence-electron chi connectivity index (χ4n) is 1.68. The molecule has 3 nitrogen and oxygen atoms in total. The lowest BCUT2D eigenvalue weighted by Gasteiger charge is -2.05. The molecular formula is C12H15NO2. The molecule has 0 fully saturated rings. The van der Waals surface area contributed by atoms with Crippen molar-refractivity contribution in [3.8, 4) is 12.3 Å². The summed E-state index contributed by atoms with van der Waals surface area (Å²) >= 11 is 0. The molecule has 1 rings (SSSR count). The molecule has 80 valence electrons. The second kappa shape index (κ2) is 4.22. The van der Waals surface area contributed by atoms with E-state index in [1.807, 2.05) is 20.9 Å². The summed E-state index contributed by atoms with van der Waals surface area (Å²) in [5.74, 6) is 2.28. The maximum absolute atomic E-state index is 11.7. The smallest absolute Gasteiger partial charge is 0.355 e. The minimum atomic E-state index is -0.317. The summed E-state index contributed by atoms with van der Waals surface area (Å²) in [4.78, 5) is 11.7. The highest BCUT2D eigenvalue weighted by molar-refractivity contribution is 5.90. The van der Waals surface area contributed by atoms with E-state index in [0.29, 0.717) is 12.3 Å². The van der Waals surface area contributed by atoms with Gasteiger partial charge in [0.25, 0.3) is 0 Å². The van der Waals surface area contributed by atoms with E-state index in [4.69, 9.17) is 11.2 Å². The summed E-state index contributed by atoms with van der Waals surface area (Å²) in [6.45, 7) is 5.89. The van der Waals surface area contributed by atoms with Gasteiger partial charge in [-0.3, -0.25) is 0 Å². The molecule has 0 saturated carbocycles. The van der Waals surface area contributed by atoms with Gasteiger partial charge in [-0.1, -0.05) is 5.92 Å². The van der Waals surface area contributed by atoms with Gasteiger partial charge in [0.05, 0.1) is 6.61 Å². The first-order chi connectivity index (χ1) is 7.04. The van der Waals surface area contributed by atoms with Crippen molar-refractivity contribution in [2.24, 2.45) is 7.05 Å². The first kappa shape index (κ1) is 11.4. The number of rotatable bonds is 2. The Morgan fingerprint density at radius 1 is 1.53 bits per heavy atom. The van der Waals surface area contributed by atoms with E-state index in [1.54, 1.807) is 11.5 Å². The highest BCUT2D eigenvalue weighted by Gasteiger charge is 2.20. The molecule has 0 atom stereocenters. The molecule has 0 spiro atoms. The molecule has 0 bridgehead atoms. The molecule has 15 heavy (non-hydrogen) atoms. The van der Waals surface area contributed by atoms with Crippen LogP contribution in [-0.2, 0) is 11.8 Å². The summed E-state index contributed by atoms with van der Waals surface area (Å²) < 4.78 is 6.75. The van der Waals surface area contributed by atoms with E-state index in [9.17, 15) is 4.79 Å². The average Bonchev–Trinajstić information content (AvgIpc) is 2.39. The molecule has 1 aromatic rings. The number of hydrogen-bond acceptors (Lipinski definition) is 2. The molecule has 0 aliphatic rings. The van der Waals surface area contributed by atoms with E-state index < -0.39 is 0 Å². The zero-order chi connectivity index (χ0) is 11.6. The second-order valence-corrected chi connectivity index (χ2v) is 3.36. The minimum absolute atomic E-state index is 0.317. The molecule has 0 unspecified atom stereocenters. The van der Waals surface area contributed by atoms with Crippen LogP contribution in [0, 0.1) is 26.2 Å². The van der Waals surface area contributed by atoms with Gasteiger partial charge in [0, 0.05) is 18.3 Å². The molecule has 1 aromatic heterocycles. The second-order valence-electron chi connectivity index (χ2n) is 3.36. The Balaban J connectivity index is 3.32. The lowest BCUT2D eigenvalue weighted by Crippen LogP contribution is -2.11. The van der Waals surface area contributed by atoms with Gasteiger partial charge in [-0.25, -0.2) is 4.79 Å². The number of esters is 1. The highest BCUT2D eigenvalue weighted by atomic mass is 16.5. The lowest BCUT2D eigenvalue weighted by molar-refractivity contribution is 0.0514. The molecule has 0 aromatic carbocycles. The Morgan fingerprint density at radius 3 is 2.53 bits per heavy atom. The zero-order valence-electron chi connectivity index (χ0n) is 9.55. The first-order valence-corrected chi connectivity index (χ1v) is 4.84. The molecule has 0 amide bonds. The van der Waals surface area contributed by atoms with Crippen molar-refractivity contribution in [2.75, 3.05) is 6.61 Å². The molecule has 0 aliphatic heterocycles. The topological polar surface area (TPSA) is 31.2 Å². The van der Waals surface area contributed by atoms with Crippen molar-refractivity contribution >= 4 is 5.97 Å². The molecule has 0 radical (unpaired) electrons. The average molecular weight is 205 g/mol. The van der Waals surface area contributed by atoms with Crippen molar-refractivity contribution in [2.45, 2.75) is 20.8 Å². The summed E-state index contributed by atoms with van der Waals surface area (Å²) in [6.07, 6.45) is 5.39. The normalized spacial score (nSPS) is 9.80. The van der Waals surface area contributed by atoms with Gasteiger partial charge in [-0.15, -0.1) is 6.42 Å². The molecule has 1 heterocycles. The van der Waals surface area contributed by atoms with Crippen LogP contribution in [0.2, 0.25) is 0 Å². The molecular weight excluding hydrogens is 190 g/mol. The highest BCUT2D eigenvalue weighted by Crippen LogP contribution is 2.20. The lowest BCUT2D eigenvalue weighted by atomic mass is 10.1. The Kier molecular flexibility index (Phi) is 3.21. The SMILES string of the molecule is C#Cc1c(C)c(C(=O)OCC)n(C)c1C. The van der Waals surface area contributed by atoms with Crippen LogP contribution in [0.15, 0.2) is 0 Å². The Morgan fingerprint density at radius 2 is 2.13 bits per heavy atom. The fourth-order valence-corrected chi connectivity index (χ4v) is 1.68. The van der Waals surface area contributed by atoms with Crippen molar-refractivity contribution < 1.29 is 9.53 Å². The van der Waals surface area contributed by atoms with Crippen LogP contribution < -0.4 is 0 Å². The van der Waals surface area contributed by atoms with Gasteiger partial charge in [-0.05, 0) is 26.3 Å². The van der Waals surface area contributed by atoms with Crippen LogP contribution in [-0.4, -0.2) is 17.1 Å². The third kappa shape index (κ3) is 1.75. The third-order valence-electron chi connectivity index (χ3n) is 2.54. The van der Waals surface area contributed by atoms with E-state index in [1.165, 1.54) is 0 Å². The maximum atomic E-state index is 11.7. The molecule has 0 aliphatic carbocycles. The molecule has 0 N–H and O–H groups in total.